The van der Waals surface area contributed by atoms with Crippen LogP contribution in [0.3, 0.4) is 0 Å². The molecule has 112 valence electrons. The van der Waals surface area contributed by atoms with E-state index in [1.165, 1.54) is 12.7 Å². The molecule has 0 radical (unpaired) electrons. The molecule has 0 bridgehead atoms. The number of nitrogens with one attached hydrogen (secondary N) is 1. The monoisotopic (exact) mass is 278 g/mol. The first-order chi connectivity index (χ1) is 9.49. The number of hydrogen-bond donors (Lipinski definition) is 1. The number of anilines is 1. The van der Waals surface area contributed by atoms with E-state index in [0.29, 0.717) is 6.54 Å². The van der Waals surface area contributed by atoms with Gasteiger partial charge in [0.2, 0.25) is 0 Å². The SMILES string of the molecule is CCN(CC(NC(C)C)C(=O)OC)c1ccccc1C. The van der Waals surface area contributed by atoms with Gasteiger partial charge in [-0.05, 0) is 25.5 Å². The predicted octanol–water partition coefficient (Wildman–Crippen LogP) is 2.36. The summed E-state index contributed by atoms with van der Waals surface area (Å²) in [6.07, 6.45) is 0. The lowest BCUT2D eigenvalue weighted by Gasteiger charge is -2.29. The Kier molecular flexibility index (Phi) is 6.52. The van der Waals surface area contributed by atoms with Crippen LogP contribution in [0.15, 0.2) is 24.3 Å². The fourth-order valence-corrected chi connectivity index (χ4v) is 2.28. The van der Waals surface area contributed by atoms with Crippen molar-refractivity contribution in [3.63, 3.8) is 0 Å². The number of carbonyl (C=O) groups is 1. The van der Waals surface area contributed by atoms with Gasteiger partial charge in [-0.15, -0.1) is 0 Å². The van der Waals surface area contributed by atoms with Gasteiger partial charge in [0, 0.05) is 24.8 Å². The summed E-state index contributed by atoms with van der Waals surface area (Å²) in [6.45, 7) is 9.68. The first kappa shape index (κ1) is 16.5. The van der Waals surface area contributed by atoms with E-state index in [4.69, 9.17) is 4.74 Å². The number of esters is 1. The molecule has 4 nitrogen and oxygen atoms in total. The number of likely N-dealkylation sites (N-methyl/N-ethyl adjacent to an activating group) is 1. The molecule has 0 saturated heterocycles. The molecule has 1 N–H and O–H groups in total. The van der Waals surface area contributed by atoms with Crippen molar-refractivity contribution in [3.05, 3.63) is 29.8 Å². The smallest absolute Gasteiger partial charge is 0.324 e. The summed E-state index contributed by atoms with van der Waals surface area (Å²) >= 11 is 0. The zero-order chi connectivity index (χ0) is 15.1. The highest BCUT2D eigenvalue weighted by molar-refractivity contribution is 5.76. The molecule has 1 aromatic carbocycles. The van der Waals surface area contributed by atoms with Gasteiger partial charge < -0.3 is 15.0 Å². The molecule has 1 unspecified atom stereocenters. The maximum absolute atomic E-state index is 11.9. The Hall–Kier alpha value is -1.55. The first-order valence-electron chi connectivity index (χ1n) is 7.14. The summed E-state index contributed by atoms with van der Waals surface area (Å²) in [7, 11) is 1.43. The molecule has 0 aromatic heterocycles. The molecule has 0 aliphatic carbocycles. The molecular formula is C16H26N2O2. The van der Waals surface area contributed by atoms with Crippen LogP contribution in [0, 0.1) is 6.92 Å². The van der Waals surface area contributed by atoms with Crippen LogP contribution >= 0.6 is 0 Å². The number of methoxy groups -OCH3 is 1. The minimum atomic E-state index is -0.320. The van der Waals surface area contributed by atoms with Gasteiger partial charge in [0.25, 0.3) is 0 Å². The minimum absolute atomic E-state index is 0.217. The average Bonchev–Trinajstić information content (AvgIpc) is 2.43. The Morgan fingerprint density at radius 1 is 1.35 bits per heavy atom. The highest BCUT2D eigenvalue weighted by atomic mass is 16.5. The van der Waals surface area contributed by atoms with Crippen LogP contribution in [0.2, 0.25) is 0 Å². The molecule has 0 aliphatic heterocycles. The Morgan fingerprint density at radius 3 is 2.50 bits per heavy atom. The van der Waals surface area contributed by atoms with Crippen LogP contribution in [0.25, 0.3) is 0 Å². The highest BCUT2D eigenvalue weighted by Gasteiger charge is 2.23. The summed E-state index contributed by atoms with van der Waals surface area (Å²) < 4.78 is 4.90. The van der Waals surface area contributed by atoms with Gasteiger partial charge in [0.05, 0.1) is 7.11 Å². The summed E-state index contributed by atoms with van der Waals surface area (Å²) in [5.74, 6) is -0.217. The van der Waals surface area contributed by atoms with Crippen LogP contribution in [-0.4, -0.2) is 38.3 Å². The Balaban J connectivity index is 2.88. The molecule has 0 aliphatic rings. The van der Waals surface area contributed by atoms with Crippen molar-refractivity contribution >= 4 is 11.7 Å². The van der Waals surface area contributed by atoms with Crippen molar-refractivity contribution in [1.82, 2.24) is 5.32 Å². The molecular weight excluding hydrogens is 252 g/mol. The molecule has 1 atom stereocenters. The summed E-state index contributed by atoms with van der Waals surface area (Å²) in [5, 5.41) is 3.27. The van der Waals surface area contributed by atoms with Crippen molar-refractivity contribution < 1.29 is 9.53 Å². The third-order valence-corrected chi connectivity index (χ3v) is 3.26. The lowest BCUT2D eigenvalue weighted by molar-refractivity contribution is -0.143. The van der Waals surface area contributed by atoms with Crippen molar-refractivity contribution in [2.45, 2.75) is 39.8 Å². The van der Waals surface area contributed by atoms with Gasteiger partial charge in [-0.3, -0.25) is 4.79 Å². The van der Waals surface area contributed by atoms with Crippen molar-refractivity contribution in [2.24, 2.45) is 0 Å². The zero-order valence-electron chi connectivity index (χ0n) is 13.1. The first-order valence-corrected chi connectivity index (χ1v) is 7.14. The molecule has 0 spiro atoms. The van der Waals surface area contributed by atoms with E-state index in [-0.39, 0.29) is 18.1 Å². The quantitative estimate of drug-likeness (QED) is 0.777. The van der Waals surface area contributed by atoms with Gasteiger partial charge in [0.15, 0.2) is 0 Å². The van der Waals surface area contributed by atoms with Crippen molar-refractivity contribution in [3.8, 4) is 0 Å². The second kappa shape index (κ2) is 7.90. The molecule has 20 heavy (non-hydrogen) atoms. The Morgan fingerprint density at radius 2 is 2.00 bits per heavy atom. The highest BCUT2D eigenvalue weighted by Crippen LogP contribution is 2.19. The summed E-state index contributed by atoms with van der Waals surface area (Å²) in [4.78, 5) is 14.1. The number of nitrogens with zero attached hydrogens (tertiary/aromatic N) is 1. The maximum atomic E-state index is 11.9. The van der Waals surface area contributed by atoms with Gasteiger partial charge in [-0.25, -0.2) is 0 Å². The molecule has 4 heteroatoms. The topological polar surface area (TPSA) is 41.6 Å². The van der Waals surface area contributed by atoms with Crippen LogP contribution in [0.4, 0.5) is 5.69 Å². The largest absolute Gasteiger partial charge is 0.468 e. The van der Waals surface area contributed by atoms with Crippen LogP contribution in [0.5, 0.6) is 0 Å². The second-order valence-corrected chi connectivity index (χ2v) is 5.22. The van der Waals surface area contributed by atoms with E-state index in [0.717, 1.165) is 12.2 Å². The molecule has 0 saturated carbocycles. The lowest BCUT2D eigenvalue weighted by Crippen LogP contribution is -2.49. The van der Waals surface area contributed by atoms with E-state index >= 15 is 0 Å². The second-order valence-electron chi connectivity index (χ2n) is 5.22. The van der Waals surface area contributed by atoms with E-state index in [1.54, 1.807) is 0 Å². The van der Waals surface area contributed by atoms with Crippen LogP contribution in [0.1, 0.15) is 26.3 Å². The molecule has 0 fully saturated rings. The average molecular weight is 278 g/mol. The molecule has 1 rings (SSSR count). The Bertz CT molecular complexity index is 432. The van der Waals surface area contributed by atoms with Gasteiger partial charge in [0.1, 0.15) is 6.04 Å². The number of aryl methyl sites for hydroxylation is 1. The van der Waals surface area contributed by atoms with Crippen LogP contribution < -0.4 is 10.2 Å². The molecule has 0 amide bonds. The normalized spacial score (nSPS) is 12.3. The van der Waals surface area contributed by atoms with Gasteiger partial charge >= 0.3 is 5.97 Å². The number of hydrogen-bond acceptors (Lipinski definition) is 4. The van der Waals surface area contributed by atoms with Gasteiger partial charge in [-0.1, -0.05) is 32.0 Å². The standard InChI is InChI=1S/C16H26N2O2/c1-6-18(15-10-8-7-9-13(15)4)11-14(16(19)20-5)17-12(2)3/h7-10,12,14,17H,6,11H2,1-5H3. The van der Waals surface area contributed by atoms with E-state index in [2.05, 4.69) is 36.2 Å². The van der Waals surface area contributed by atoms with Crippen molar-refractivity contribution in [1.29, 1.82) is 0 Å². The fourth-order valence-electron chi connectivity index (χ4n) is 2.28. The van der Waals surface area contributed by atoms with Gasteiger partial charge in [-0.2, -0.15) is 0 Å². The lowest BCUT2D eigenvalue weighted by atomic mass is 10.1. The number of rotatable bonds is 7. The maximum Gasteiger partial charge on any atom is 0.324 e. The minimum Gasteiger partial charge on any atom is -0.468 e. The number of ether oxygens (including phenoxy) is 1. The van der Waals surface area contributed by atoms with Crippen LogP contribution in [-0.2, 0) is 9.53 Å². The third-order valence-electron chi connectivity index (χ3n) is 3.26. The van der Waals surface area contributed by atoms with E-state index in [1.807, 2.05) is 26.0 Å². The number of para-hydroxylation sites is 1. The van der Waals surface area contributed by atoms with Crippen molar-refractivity contribution in [2.75, 3.05) is 25.1 Å². The zero-order valence-corrected chi connectivity index (χ0v) is 13.1. The Labute approximate surface area is 122 Å². The van der Waals surface area contributed by atoms with E-state index in [9.17, 15) is 4.79 Å². The summed E-state index contributed by atoms with van der Waals surface area (Å²) in [6, 6.07) is 8.13. The molecule has 0 heterocycles. The summed E-state index contributed by atoms with van der Waals surface area (Å²) in [5.41, 5.74) is 2.37. The third kappa shape index (κ3) is 4.53. The molecule has 1 aromatic rings. The predicted molar refractivity (Wildman–Crippen MR) is 83.1 cm³/mol. The fraction of sp³-hybridized carbons (Fsp3) is 0.562. The number of benzene rings is 1. The van der Waals surface area contributed by atoms with E-state index < -0.39 is 0 Å². The number of carbonyl (C=O) groups excluding carboxylic acids is 1.